The van der Waals surface area contributed by atoms with Crippen molar-refractivity contribution in [3.8, 4) is 0 Å². The largest absolute Gasteiger partial charge is 0.304 e. The highest BCUT2D eigenvalue weighted by atomic mass is 79.9. The summed E-state index contributed by atoms with van der Waals surface area (Å²) >= 11 is 6.79. The van der Waals surface area contributed by atoms with Gasteiger partial charge >= 0.3 is 0 Å². The van der Waals surface area contributed by atoms with Crippen molar-refractivity contribution in [2.45, 2.75) is 19.3 Å². The van der Waals surface area contributed by atoms with E-state index in [2.05, 4.69) is 31.9 Å². The van der Waals surface area contributed by atoms with Crippen LogP contribution in [0.1, 0.15) is 29.6 Å². The molecule has 0 saturated heterocycles. The third kappa shape index (κ3) is 2.52. The predicted molar refractivity (Wildman–Crippen MR) is 78.5 cm³/mol. The highest BCUT2D eigenvalue weighted by molar-refractivity contribution is 9.10. The van der Waals surface area contributed by atoms with Crippen LogP contribution in [0.4, 0.5) is 5.69 Å². The molecule has 0 aromatic heterocycles. The summed E-state index contributed by atoms with van der Waals surface area (Å²) in [5.41, 5.74) is 1.24. The molecule has 1 aromatic carbocycles. The zero-order valence-corrected chi connectivity index (χ0v) is 13.0. The van der Waals surface area contributed by atoms with Crippen molar-refractivity contribution >= 4 is 49.2 Å². The molecule has 0 N–H and O–H groups in total. The van der Waals surface area contributed by atoms with Gasteiger partial charge in [-0.05, 0) is 40.9 Å². The van der Waals surface area contributed by atoms with Crippen molar-refractivity contribution in [1.82, 2.24) is 0 Å². The molecule has 3 nitrogen and oxygen atoms in total. The summed E-state index contributed by atoms with van der Waals surface area (Å²) < 4.78 is 0.805. The summed E-state index contributed by atoms with van der Waals surface area (Å²) in [7, 11) is 0. The van der Waals surface area contributed by atoms with Crippen LogP contribution in [0.25, 0.3) is 0 Å². The Labute approximate surface area is 123 Å². The van der Waals surface area contributed by atoms with E-state index < -0.39 is 11.7 Å². The lowest BCUT2D eigenvalue weighted by molar-refractivity contribution is -0.114. The summed E-state index contributed by atoms with van der Waals surface area (Å²) in [6, 6.07) is 5.34. The van der Waals surface area contributed by atoms with Crippen LogP contribution in [0.3, 0.4) is 0 Å². The number of amides is 1. The summed E-state index contributed by atoms with van der Waals surface area (Å²) in [4.78, 5) is 25.3. The molecule has 1 aliphatic rings. The molecule has 1 aliphatic heterocycles. The van der Waals surface area contributed by atoms with Gasteiger partial charge in [-0.2, -0.15) is 0 Å². The van der Waals surface area contributed by atoms with E-state index in [1.54, 1.807) is 17.0 Å². The van der Waals surface area contributed by atoms with Gasteiger partial charge in [0.25, 0.3) is 11.7 Å². The van der Waals surface area contributed by atoms with E-state index in [0.717, 1.165) is 34.8 Å². The molecule has 0 aliphatic carbocycles. The van der Waals surface area contributed by atoms with Crippen molar-refractivity contribution in [1.29, 1.82) is 0 Å². The average Bonchev–Trinajstić information content (AvgIpc) is 2.61. The maximum Gasteiger partial charge on any atom is 0.299 e. The van der Waals surface area contributed by atoms with Gasteiger partial charge in [-0.1, -0.05) is 28.4 Å². The molecular weight excluding hydrogens is 362 g/mol. The van der Waals surface area contributed by atoms with E-state index in [1.807, 2.05) is 6.07 Å². The lowest BCUT2D eigenvalue weighted by atomic mass is 10.1. The van der Waals surface area contributed by atoms with Gasteiger partial charge in [0.2, 0.25) is 0 Å². The SMILES string of the molecule is O=C1C(=O)N(CCCCCBr)c2c(Br)cccc21. The number of para-hydroxylation sites is 1. The molecule has 2 rings (SSSR count). The minimum atomic E-state index is -0.407. The first-order valence-electron chi connectivity index (χ1n) is 5.87. The van der Waals surface area contributed by atoms with E-state index in [0.29, 0.717) is 12.1 Å². The number of alkyl halides is 1. The van der Waals surface area contributed by atoms with Crippen LogP contribution in [0.5, 0.6) is 0 Å². The van der Waals surface area contributed by atoms with E-state index >= 15 is 0 Å². The number of rotatable bonds is 5. The Hall–Kier alpha value is -0.680. The number of nitrogens with zero attached hydrogens (tertiary/aromatic N) is 1. The number of halogens is 2. The fourth-order valence-corrected chi connectivity index (χ4v) is 3.04. The normalized spacial score (nSPS) is 14.2. The van der Waals surface area contributed by atoms with Gasteiger partial charge in [-0.25, -0.2) is 0 Å². The van der Waals surface area contributed by atoms with Gasteiger partial charge < -0.3 is 4.90 Å². The van der Waals surface area contributed by atoms with Crippen LogP contribution in [0.2, 0.25) is 0 Å². The first-order valence-corrected chi connectivity index (χ1v) is 7.79. The summed E-state index contributed by atoms with van der Waals surface area (Å²) in [5.74, 6) is -0.803. The molecule has 1 aromatic rings. The van der Waals surface area contributed by atoms with Gasteiger partial charge in [0.05, 0.1) is 11.3 Å². The van der Waals surface area contributed by atoms with Gasteiger partial charge in [0, 0.05) is 16.3 Å². The third-order valence-electron chi connectivity index (χ3n) is 2.96. The number of carbonyl (C=O) groups is 2. The second-order valence-corrected chi connectivity index (χ2v) is 5.82. The Morgan fingerprint density at radius 1 is 1.11 bits per heavy atom. The Bertz CT molecular complexity index is 488. The summed E-state index contributed by atoms with van der Waals surface area (Å²) in [5, 5.41) is 0.972. The van der Waals surface area contributed by atoms with Gasteiger partial charge in [-0.15, -0.1) is 0 Å². The molecule has 18 heavy (non-hydrogen) atoms. The third-order valence-corrected chi connectivity index (χ3v) is 4.16. The van der Waals surface area contributed by atoms with Crippen molar-refractivity contribution in [3.05, 3.63) is 28.2 Å². The molecule has 0 fully saturated rings. The second kappa shape index (κ2) is 5.97. The molecule has 5 heteroatoms. The van der Waals surface area contributed by atoms with E-state index in [-0.39, 0.29) is 0 Å². The molecule has 0 unspecified atom stereocenters. The minimum Gasteiger partial charge on any atom is -0.304 e. The van der Waals surface area contributed by atoms with Crippen molar-refractivity contribution in [3.63, 3.8) is 0 Å². The van der Waals surface area contributed by atoms with E-state index in [9.17, 15) is 9.59 Å². The fraction of sp³-hybridized carbons (Fsp3) is 0.385. The van der Waals surface area contributed by atoms with E-state index in [4.69, 9.17) is 0 Å². The lowest BCUT2D eigenvalue weighted by Gasteiger charge is -2.17. The Morgan fingerprint density at radius 3 is 2.61 bits per heavy atom. The summed E-state index contributed by atoms with van der Waals surface area (Å²) in [6.07, 6.45) is 3.03. The van der Waals surface area contributed by atoms with E-state index in [1.165, 1.54) is 0 Å². The van der Waals surface area contributed by atoms with Gasteiger partial charge in [0.1, 0.15) is 0 Å². The smallest absolute Gasteiger partial charge is 0.299 e. The van der Waals surface area contributed by atoms with Crippen molar-refractivity contribution in [2.75, 3.05) is 16.8 Å². The van der Waals surface area contributed by atoms with Gasteiger partial charge in [-0.3, -0.25) is 9.59 Å². The zero-order valence-electron chi connectivity index (χ0n) is 9.79. The fourth-order valence-electron chi connectivity index (χ4n) is 2.07. The number of anilines is 1. The zero-order chi connectivity index (χ0) is 13.1. The van der Waals surface area contributed by atoms with Gasteiger partial charge in [0.15, 0.2) is 0 Å². The maximum absolute atomic E-state index is 11.9. The highest BCUT2D eigenvalue weighted by Gasteiger charge is 2.36. The number of carbonyl (C=O) groups excluding carboxylic acids is 2. The van der Waals surface area contributed by atoms with Crippen LogP contribution in [0.15, 0.2) is 22.7 Å². The molecule has 96 valence electrons. The molecule has 0 atom stereocenters. The predicted octanol–water partition coefficient (Wildman–Crippen LogP) is 3.54. The molecule has 0 saturated carbocycles. The standard InChI is InChI=1S/C13H13Br2NO2/c14-7-2-1-3-8-16-11-9(12(17)13(16)18)5-4-6-10(11)15/h4-6H,1-3,7-8H2. The molecular formula is C13H13Br2NO2. The Morgan fingerprint density at radius 2 is 1.89 bits per heavy atom. The maximum atomic E-state index is 11.9. The first kappa shape index (κ1) is 13.7. The summed E-state index contributed by atoms with van der Waals surface area (Å²) in [6.45, 7) is 0.604. The number of hydrogen-bond acceptors (Lipinski definition) is 2. The number of fused-ring (bicyclic) bond motifs is 1. The van der Waals surface area contributed by atoms with Crippen LogP contribution in [-0.4, -0.2) is 23.6 Å². The second-order valence-electron chi connectivity index (χ2n) is 4.17. The molecule has 0 spiro atoms. The number of ketones is 1. The Kier molecular flexibility index (Phi) is 4.56. The topological polar surface area (TPSA) is 37.4 Å². The monoisotopic (exact) mass is 373 g/mol. The number of unbranched alkanes of at least 4 members (excludes halogenated alkanes) is 2. The number of hydrogen-bond donors (Lipinski definition) is 0. The minimum absolute atomic E-state index is 0.396. The van der Waals surface area contributed by atoms with Crippen molar-refractivity contribution < 1.29 is 9.59 Å². The van der Waals surface area contributed by atoms with Crippen LogP contribution >= 0.6 is 31.9 Å². The average molecular weight is 375 g/mol. The molecule has 0 radical (unpaired) electrons. The van der Waals surface area contributed by atoms with Crippen LogP contribution in [-0.2, 0) is 4.79 Å². The molecule has 1 heterocycles. The van der Waals surface area contributed by atoms with Crippen LogP contribution < -0.4 is 4.90 Å². The van der Waals surface area contributed by atoms with Crippen LogP contribution in [0, 0.1) is 0 Å². The van der Waals surface area contributed by atoms with Crippen molar-refractivity contribution in [2.24, 2.45) is 0 Å². The lowest BCUT2D eigenvalue weighted by Crippen LogP contribution is -2.30. The Balaban J connectivity index is 2.17. The molecule has 0 bridgehead atoms. The highest BCUT2D eigenvalue weighted by Crippen LogP contribution is 2.36. The quantitative estimate of drug-likeness (QED) is 0.449. The first-order chi connectivity index (χ1) is 8.66. The number of benzene rings is 1. The molecule has 1 amide bonds. The number of Topliss-reactive ketones (excluding diaryl/α,β-unsaturated/α-hetero) is 1.